The smallest absolute Gasteiger partial charge is 0.313 e. The van der Waals surface area contributed by atoms with Gasteiger partial charge in [0.25, 0.3) is 0 Å². The fourth-order valence-corrected chi connectivity index (χ4v) is 4.64. The molecule has 0 radical (unpaired) electrons. The summed E-state index contributed by atoms with van der Waals surface area (Å²) in [6.07, 6.45) is 3.19. The maximum Gasteiger partial charge on any atom is 0.313 e. The molecule has 2 bridgehead atoms. The molecule has 0 saturated carbocycles. The van der Waals surface area contributed by atoms with Gasteiger partial charge in [-0.2, -0.15) is 0 Å². The summed E-state index contributed by atoms with van der Waals surface area (Å²) in [5.74, 6) is -2.65. The number of carbonyl (C=O) groups excluding carboxylic acids is 2. The molecule has 3 heterocycles. The Morgan fingerprint density at radius 1 is 1.28 bits per heavy atom. The minimum absolute atomic E-state index is 0.0653. The van der Waals surface area contributed by atoms with Crippen LogP contribution in [0.2, 0.25) is 5.02 Å². The Kier molecular flexibility index (Phi) is 4.22. The summed E-state index contributed by atoms with van der Waals surface area (Å²) in [5, 5.41) is -0.0653. The van der Waals surface area contributed by atoms with Crippen molar-refractivity contribution in [1.29, 1.82) is 0 Å². The summed E-state index contributed by atoms with van der Waals surface area (Å²) >= 11 is 5.88. The van der Waals surface area contributed by atoms with Crippen molar-refractivity contribution in [3.8, 4) is 0 Å². The molecule has 5 nitrogen and oxygen atoms in total. The lowest BCUT2D eigenvalue weighted by atomic mass is 9.77. The number of halogens is 2. The number of hydrogen-bond acceptors (Lipinski definition) is 4. The number of anilines is 1. The lowest BCUT2D eigenvalue weighted by Gasteiger charge is -2.22. The molecule has 2 saturated heterocycles. The van der Waals surface area contributed by atoms with Crippen LogP contribution in [0.3, 0.4) is 0 Å². The first-order chi connectivity index (χ1) is 14.0. The number of rotatable bonds is 4. The molecule has 1 amide bonds. The van der Waals surface area contributed by atoms with E-state index in [-0.39, 0.29) is 24.1 Å². The highest BCUT2D eigenvalue weighted by Crippen LogP contribution is 2.53. The first kappa shape index (κ1) is 18.3. The van der Waals surface area contributed by atoms with E-state index in [0.29, 0.717) is 5.69 Å². The number of ether oxygens (including phenoxy) is 2. The van der Waals surface area contributed by atoms with E-state index in [1.165, 1.54) is 23.1 Å². The van der Waals surface area contributed by atoms with Gasteiger partial charge >= 0.3 is 5.97 Å². The monoisotopic (exact) mass is 413 g/mol. The molecule has 0 aliphatic carbocycles. The number of amides is 1. The molecular weight excluding hydrogens is 397 g/mol. The van der Waals surface area contributed by atoms with Gasteiger partial charge in [0.1, 0.15) is 23.9 Å². The van der Waals surface area contributed by atoms with Gasteiger partial charge in [-0.15, -0.1) is 0 Å². The first-order valence-electron chi connectivity index (χ1n) is 9.33. The Bertz CT molecular complexity index is 1030. The van der Waals surface area contributed by atoms with Crippen LogP contribution in [0.1, 0.15) is 5.56 Å². The number of hydrogen-bond donors (Lipinski definition) is 0. The third-order valence-electron chi connectivity index (χ3n) is 5.81. The molecule has 148 valence electrons. The average Bonchev–Trinajstić information content (AvgIpc) is 3.37. The van der Waals surface area contributed by atoms with E-state index < -0.39 is 35.3 Å². The fourth-order valence-electron chi connectivity index (χ4n) is 4.46. The highest BCUT2D eigenvalue weighted by Gasteiger charge is 2.67. The van der Waals surface area contributed by atoms with Crippen LogP contribution in [0.15, 0.2) is 60.7 Å². The highest BCUT2D eigenvalue weighted by molar-refractivity contribution is 6.31. The topological polar surface area (TPSA) is 55.8 Å². The largest absolute Gasteiger partial charge is 0.460 e. The van der Waals surface area contributed by atoms with Crippen LogP contribution in [0.5, 0.6) is 0 Å². The Hall–Kier alpha value is -2.70. The van der Waals surface area contributed by atoms with Gasteiger partial charge in [0.05, 0.1) is 23.6 Å². The van der Waals surface area contributed by atoms with Crippen LogP contribution in [-0.4, -0.2) is 30.1 Å². The van der Waals surface area contributed by atoms with Gasteiger partial charge in [0.15, 0.2) is 0 Å². The normalized spacial score (nSPS) is 29.4. The average molecular weight is 414 g/mol. The van der Waals surface area contributed by atoms with Gasteiger partial charge in [-0.25, -0.2) is 4.39 Å². The summed E-state index contributed by atoms with van der Waals surface area (Å²) in [6, 6.07) is 13.5. The lowest BCUT2D eigenvalue weighted by molar-refractivity contribution is -0.153. The number of carbonyl (C=O) groups is 2. The van der Waals surface area contributed by atoms with E-state index in [2.05, 4.69) is 0 Å². The predicted octanol–water partition coefficient (Wildman–Crippen LogP) is 3.51. The quantitative estimate of drug-likeness (QED) is 0.568. The van der Waals surface area contributed by atoms with E-state index >= 15 is 0 Å². The van der Waals surface area contributed by atoms with E-state index in [1.54, 1.807) is 0 Å². The zero-order valence-corrected chi connectivity index (χ0v) is 16.0. The van der Waals surface area contributed by atoms with Gasteiger partial charge in [0.2, 0.25) is 5.91 Å². The summed E-state index contributed by atoms with van der Waals surface area (Å²) in [4.78, 5) is 27.6. The van der Waals surface area contributed by atoms with Crippen molar-refractivity contribution >= 4 is 29.2 Å². The molecule has 2 aromatic carbocycles. The molecule has 1 spiro atoms. The SMILES string of the molecule is O=C(OCc1ccccc1)[C@@H]1[C@@H]2C=C[C@]3(CN(c4ccc(F)c(Cl)c4)C(=O)[C@H]13)O2. The zero-order chi connectivity index (χ0) is 20.2. The molecule has 3 aliphatic rings. The molecule has 0 N–H and O–H groups in total. The van der Waals surface area contributed by atoms with Crippen molar-refractivity contribution in [2.45, 2.75) is 18.3 Å². The van der Waals surface area contributed by atoms with Gasteiger partial charge < -0.3 is 14.4 Å². The Balaban J connectivity index is 1.39. The third-order valence-corrected chi connectivity index (χ3v) is 6.10. The first-order valence-corrected chi connectivity index (χ1v) is 9.70. The van der Waals surface area contributed by atoms with Crippen molar-refractivity contribution in [3.05, 3.63) is 77.1 Å². The van der Waals surface area contributed by atoms with E-state index in [9.17, 15) is 14.0 Å². The van der Waals surface area contributed by atoms with E-state index in [0.717, 1.165) is 5.56 Å². The van der Waals surface area contributed by atoms with Crippen molar-refractivity contribution in [3.63, 3.8) is 0 Å². The van der Waals surface area contributed by atoms with Crippen molar-refractivity contribution in [1.82, 2.24) is 0 Å². The summed E-state index contributed by atoms with van der Waals surface area (Å²) < 4.78 is 25.1. The number of nitrogens with zero attached hydrogens (tertiary/aromatic N) is 1. The Morgan fingerprint density at radius 3 is 2.83 bits per heavy atom. The Morgan fingerprint density at radius 2 is 2.07 bits per heavy atom. The molecule has 3 aliphatic heterocycles. The molecule has 5 rings (SSSR count). The van der Waals surface area contributed by atoms with Crippen LogP contribution in [0.4, 0.5) is 10.1 Å². The lowest BCUT2D eigenvalue weighted by Crippen LogP contribution is -2.40. The number of esters is 1. The summed E-state index contributed by atoms with van der Waals surface area (Å²) in [5.41, 5.74) is 0.469. The minimum Gasteiger partial charge on any atom is -0.460 e. The van der Waals surface area contributed by atoms with Crippen LogP contribution in [0, 0.1) is 17.7 Å². The zero-order valence-electron chi connectivity index (χ0n) is 15.3. The molecule has 0 unspecified atom stereocenters. The summed E-state index contributed by atoms with van der Waals surface area (Å²) in [7, 11) is 0. The predicted molar refractivity (Wildman–Crippen MR) is 104 cm³/mol. The van der Waals surface area contributed by atoms with Gasteiger partial charge in [0, 0.05) is 5.69 Å². The molecular formula is C22H17ClFNO4. The van der Waals surface area contributed by atoms with E-state index in [1.807, 2.05) is 42.5 Å². The van der Waals surface area contributed by atoms with Crippen LogP contribution >= 0.6 is 11.6 Å². The summed E-state index contributed by atoms with van der Waals surface area (Å²) in [6.45, 7) is 0.381. The molecule has 4 atom stereocenters. The van der Waals surface area contributed by atoms with Gasteiger partial charge in [-0.3, -0.25) is 9.59 Å². The van der Waals surface area contributed by atoms with Gasteiger partial charge in [-0.05, 0) is 23.8 Å². The second kappa shape index (κ2) is 6.68. The van der Waals surface area contributed by atoms with Crippen LogP contribution < -0.4 is 4.90 Å². The van der Waals surface area contributed by atoms with Crippen molar-refractivity contribution in [2.75, 3.05) is 11.4 Å². The minimum atomic E-state index is -0.876. The van der Waals surface area contributed by atoms with Crippen LogP contribution in [-0.2, 0) is 25.7 Å². The van der Waals surface area contributed by atoms with Crippen LogP contribution in [0.25, 0.3) is 0 Å². The van der Waals surface area contributed by atoms with Crippen molar-refractivity contribution < 1.29 is 23.5 Å². The van der Waals surface area contributed by atoms with Crippen molar-refractivity contribution in [2.24, 2.45) is 11.8 Å². The number of fused-ring (bicyclic) bond motifs is 1. The second-order valence-corrected chi connectivity index (χ2v) is 7.92. The molecule has 0 aromatic heterocycles. The number of benzene rings is 2. The molecule has 29 heavy (non-hydrogen) atoms. The van der Waals surface area contributed by atoms with Gasteiger partial charge in [-0.1, -0.05) is 54.1 Å². The molecule has 7 heteroatoms. The van der Waals surface area contributed by atoms with E-state index in [4.69, 9.17) is 21.1 Å². The molecule has 2 fully saturated rings. The fraction of sp³-hybridized carbons (Fsp3) is 0.273. The third kappa shape index (κ3) is 2.86. The maximum absolute atomic E-state index is 13.5. The second-order valence-electron chi connectivity index (χ2n) is 7.52. The maximum atomic E-state index is 13.5. The molecule has 2 aromatic rings. The standard InChI is InChI=1S/C22H17ClFNO4/c23-15-10-14(6-7-16(15)24)25-12-22-9-8-17(29-22)18(19(22)20(25)26)21(27)28-11-13-4-2-1-3-5-13/h1-10,17-19H,11-12H2/t17-,18+,19-,22+/m0/s1. The Labute approximate surface area is 171 Å². The highest BCUT2D eigenvalue weighted by atomic mass is 35.5.